The maximum absolute atomic E-state index is 5.14. The van der Waals surface area contributed by atoms with Gasteiger partial charge in [0.15, 0.2) is 11.6 Å². The molecule has 7 rings (SSSR count). The van der Waals surface area contributed by atoms with E-state index in [4.69, 9.17) is 9.97 Å². The number of pyridine rings is 2. The molecule has 1 fully saturated rings. The van der Waals surface area contributed by atoms with Gasteiger partial charge in [0, 0.05) is 48.5 Å². The van der Waals surface area contributed by atoms with Gasteiger partial charge in [-0.15, -0.1) is 0 Å². The summed E-state index contributed by atoms with van der Waals surface area (Å²) in [6.45, 7) is 6.51. The van der Waals surface area contributed by atoms with Gasteiger partial charge in [-0.3, -0.25) is 9.67 Å². The highest BCUT2D eigenvalue weighted by atomic mass is 15.3. The third-order valence-electron chi connectivity index (χ3n) is 7.94. The number of aryl methyl sites for hydroxylation is 1. The number of aromatic nitrogens is 6. The van der Waals surface area contributed by atoms with Crippen LogP contribution in [0.25, 0.3) is 38.8 Å². The molecule has 40 heavy (non-hydrogen) atoms. The van der Waals surface area contributed by atoms with Crippen LogP contribution in [0.5, 0.6) is 0 Å². The molecule has 0 unspecified atom stereocenters. The van der Waals surface area contributed by atoms with Gasteiger partial charge in [0.2, 0.25) is 0 Å². The van der Waals surface area contributed by atoms with Gasteiger partial charge < -0.3 is 16.0 Å². The van der Waals surface area contributed by atoms with Crippen molar-refractivity contribution in [3.63, 3.8) is 0 Å². The van der Waals surface area contributed by atoms with E-state index in [-0.39, 0.29) is 11.5 Å². The van der Waals surface area contributed by atoms with Crippen molar-refractivity contribution in [1.82, 2.24) is 35.0 Å². The molecule has 200 valence electrons. The summed E-state index contributed by atoms with van der Waals surface area (Å²) in [5.74, 6) is 2.89. The van der Waals surface area contributed by atoms with Crippen LogP contribution in [0, 0.1) is 5.41 Å². The van der Waals surface area contributed by atoms with Crippen LogP contribution in [0.2, 0.25) is 0 Å². The Labute approximate surface area is 232 Å². The number of hydrogen-bond donors (Lipinski definition) is 3. The van der Waals surface area contributed by atoms with Crippen molar-refractivity contribution in [2.75, 3.05) is 23.7 Å². The number of fused-ring (bicyclic) bond motifs is 2. The molecular formula is C31H31N9. The highest BCUT2D eigenvalue weighted by Crippen LogP contribution is 2.36. The van der Waals surface area contributed by atoms with Gasteiger partial charge in [0.05, 0.1) is 22.6 Å². The molecule has 2 aliphatic rings. The number of benzene rings is 1. The first-order valence-corrected chi connectivity index (χ1v) is 13.6. The number of hydrogen-bond acceptors (Lipinski definition) is 8. The molecule has 1 aliphatic carbocycles. The summed E-state index contributed by atoms with van der Waals surface area (Å²) in [6, 6.07) is 12.3. The van der Waals surface area contributed by atoms with Crippen LogP contribution in [-0.4, -0.2) is 48.8 Å². The molecule has 9 nitrogen and oxygen atoms in total. The highest BCUT2D eigenvalue weighted by Gasteiger charge is 2.33. The van der Waals surface area contributed by atoms with E-state index in [1.807, 2.05) is 54.5 Å². The summed E-state index contributed by atoms with van der Waals surface area (Å²) in [7, 11) is 1.94. The maximum Gasteiger partial charge on any atom is 0.162 e. The van der Waals surface area contributed by atoms with E-state index in [9.17, 15) is 0 Å². The highest BCUT2D eigenvalue weighted by molar-refractivity contribution is 6.02. The molecule has 0 radical (unpaired) electrons. The van der Waals surface area contributed by atoms with Gasteiger partial charge in [0.1, 0.15) is 11.6 Å². The fourth-order valence-corrected chi connectivity index (χ4v) is 5.58. The molecule has 0 spiro atoms. The molecule has 1 saturated heterocycles. The van der Waals surface area contributed by atoms with E-state index in [0.717, 1.165) is 69.7 Å². The van der Waals surface area contributed by atoms with Gasteiger partial charge >= 0.3 is 0 Å². The second-order valence-electron chi connectivity index (χ2n) is 11.2. The summed E-state index contributed by atoms with van der Waals surface area (Å²) < 4.78 is 1.87. The molecule has 5 aromatic rings. The Balaban J connectivity index is 1.31. The Morgan fingerprint density at radius 2 is 1.95 bits per heavy atom. The molecule has 1 aromatic carbocycles. The lowest BCUT2D eigenvalue weighted by Crippen LogP contribution is -2.49. The Hall–Kier alpha value is -4.63. The molecule has 0 amide bonds. The Morgan fingerprint density at radius 3 is 2.77 bits per heavy atom. The first-order chi connectivity index (χ1) is 19.5. The van der Waals surface area contributed by atoms with E-state index in [2.05, 4.69) is 69.1 Å². The van der Waals surface area contributed by atoms with Crippen molar-refractivity contribution in [1.29, 1.82) is 0 Å². The number of rotatable bonds is 6. The van der Waals surface area contributed by atoms with E-state index >= 15 is 0 Å². The summed E-state index contributed by atoms with van der Waals surface area (Å²) in [6.07, 6.45) is 12.8. The lowest BCUT2D eigenvalue weighted by molar-refractivity contribution is 0.236. The van der Waals surface area contributed by atoms with Crippen molar-refractivity contribution in [2.45, 2.75) is 26.3 Å². The largest absolute Gasteiger partial charge is 0.366 e. The predicted octanol–water partition coefficient (Wildman–Crippen LogP) is 5.47. The van der Waals surface area contributed by atoms with E-state index < -0.39 is 0 Å². The lowest BCUT2D eigenvalue weighted by atomic mass is 9.80. The Kier molecular flexibility index (Phi) is 5.82. The van der Waals surface area contributed by atoms with E-state index in [1.54, 1.807) is 6.20 Å². The molecular weight excluding hydrogens is 498 g/mol. The van der Waals surface area contributed by atoms with Gasteiger partial charge in [-0.05, 0) is 48.2 Å². The van der Waals surface area contributed by atoms with Gasteiger partial charge in [0.25, 0.3) is 0 Å². The van der Waals surface area contributed by atoms with Crippen LogP contribution in [0.1, 0.15) is 25.8 Å². The standard InChI is InChI=1S/C31H31N9/c1-31(2)18-32-13-12-25(31)36-30-27-22(19-7-6-8-19)16-33-17-23(27)35-28(38-30)20-11-14-34-26(15-20)37-29-21-9-4-5-10-24(21)40(3)39-29/h4-11,14-17,25,32H,12-13,18H2,1-3H3,(H,34,37,39)(H,35,36,38)/t25-/m0/s1. The summed E-state index contributed by atoms with van der Waals surface area (Å²) in [4.78, 5) is 19.2. The smallest absolute Gasteiger partial charge is 0.162 e. The monoisotopic (exact) mass is 529 g/mol. The van der Waals surface area contributed by atoms with Crippen molar-refractivity contribution in [3.05, 3.63) is 78.8 Å². The molecule has 5 heterocycles. The van der Waals surface area contributed by atoms with Crippen LogP contribution in [0.4, 0.5) is 17.5 Å². The van der Waals surface area contributed by atoms with Gasteiger partial charge in [-0.1, -0.05) is 44.2 Å². The van der Waals surface area contributed by atoms with Crippen molar-refractivity contribution >= 4 is 44.8 Å². The Morgan fingerprint density at radius 1 is 1.07 bits per heavy atom. The molecule has 1 atom stereocenters. The Bertz CT molecular complexity index is 1820. The first-order valence-electron chi connectivity index (χ1n) is 13.6. The SMILES string of the molecule is Cn1nc(Nc2cc(-c3nc(N[C@H]4CCNCC4(C)C)c4c(C5=CC=C5)cncc4n3)ccn2)c2ccccc21. The average Bonchev–Trinajstić information content (AvgIpc) is 3.24. The quantitative estimate of drug-likeness (QED) is 0.266. The number of anilines is 3. The molecule has 1 aliphatic heterocycles. The zero-order chi connectivity index (χ0) is 27.3. The molecule has 0 saturated carbocycles. The fourth-order valence-electron chi connectivity index (χ4n) is 5.58. The topological polar surface area (TPSA) is 105 Å². The summed E-state index contributed by atoms with van der Waals surface area (Å²) >= 11 is 0. The zero-order valence-corrected chi connectivity index (χ0v) is 22.8. The molecule has 4 aromatic heterocycles. The van der Waals surface area contributed by atoms with Crippen LogP contribution >= 0.6 is 0 Å². The van der Waals surface area contributed by atoms with Gasteiger partial charge in [-0.25, -0.2) is 15.0 Å². The van der Waals surface area contributed by atoms with Gasteiger partial charge in [-0.2, -0.15) is 5.10 Å². The molecule has 3 N–H and O–H groups in total. The zero-order valence-electron chi connectivity index (χ0n) is 22.8. The second-order valence-corrected chi connectivity index (χ2v) is 11.2. The fraction of sp³-hybridized carbons (Fsp3) is 0.258. The molecule has 0 bridgehead atoms. The summed E-state index contributed by atoms with van der Waals surface area (Å²) in [5, 5.41) is 17.5. The van der Waals surface area contributed by atoms with Crippen LogP contribution in [0.15, 0.2) is 73.2 Å². The van der Waals surface area contributed by atoms with Crippen molar-refractivity contribution in [2.24, 2.45) is 12.5 Å². The maximum atomic E-state index is 5.14. The minimum atomic E-state index is 0.0672. The molecule has 9 heteroatoms. The van der Waals surface area contributed by atoms with E-state index in [1.165, 1.54) is 0 Å². The van der Waals surface area contributed by atoms with E-state index in [0.29, 0.717) is 11.6 Å². The first kappa shape index (κ1) is 24.4. The summed E-state index contributed by atoms with van der Waals surface area (Å²) in [5.41, 5.74) is 4.97. The number of nitrogens with one attached hydrogen (secondary N) is 3. The normalized spacial score (nSPS) is 18.0. The lowest BCUT2D eigenvalue weighted by Gasteiger charge is -2.40. The minimum absolute atomic E-state index is 0.0672. The third-order valence-corrected chi connectivity index (χ3v) is 7.94. The minimum Gasteiger partial charge on any atom is -0.366 e. The van der Waals surface area contributed by atoms with Crippen molar-refractivity contribution in [3.8, 4) is 11.4 Å². The average molecular weight is 530 g/mol. The van der Waals surface area contributed by atoms with Crippen LogP contribution in [-0.2, 0) is 7.05 Å². The van der Waals surface area contributed by atoms with Crippen LogP contribution in [0.3, 0.4) is 0 Å². The van der Waals surface area contributed by atoms with Crippen molar-refractivity contribution < 1.29 is 0 Å². The number of para-hydroxylation sites is 1. The second kappa shape index (κ2) is 9.53. The predicted molar refractivity (Wildman–Crippen MR) is 160 cm³/mol. The number of nitrogens with zero attached hydrogens (tertiary/aromatic N) is 6. The number of allylic oxidation sites excluding steroid dienone is 4. The van der Waals surface area contributed by atoms with Crippen LogP contribution < -0.4 is 16.0 Å². The third kappa shape index (κ3) is 4.28. The number of piperidine rings is 1.